The minimum Gasteiger partial charge on any atom is -0.507 e. The Labute approximate surface area is 168 Å². The molecular weight excluding hydrogens is 416 g/mol. The molecule has 0 radical (unpaired) electrons. The highest BCUT2D eigenvalue weighted by Gasteiger charge is 2.44. The molecule has 2 aromatic carbocycles. The van der Waals surface area contributed by atoms with Gasteiger partial charge in [-0.15, -0.1) is 0 Å². The van der Waals surface area contributed by atoms with E-state index in [4.69, 9.17) is 5.11 Å². The molecule has 0 aliphatic heterocycles. The standard InChI is InChI=1S/C20H19F6NO3/c1-19(2,23)9-15(18(29)30)27-17(20(24,25)26)10-3-5-12(14(22)7-10)13-8-11(21)4-6-16(13)28/h3-8,15,17,27-28H,9H2,1-2H3,(H,29,30). The van der Waals surface area contributed by atoms with Crippen LogP contribution in [-0.2, 0) is 4.79 Å². The number of carboxylic acid groups (broad SMARTS) is 1. The molecular formula is C20H19F6NO3. The fourth-order valence-electron chi connectivity index (χ4n) is 2.94. The number of alkyl halides is 4. The number of hydrogen-bond donors (Lipinski definition) is 3. The van der Waals surface area contributed by atoms with Gasteiger partial charge < -0.3 is 10.2 Å². The monoisotopic (exact) mass is 435 g/mol. The lowest BCUT2D eigenvalue weighted by molar-refractivity contribution is -0.164. The van der Waals surface area contributed by atoms with Gasteiger partial charge in [-0.05, 0) is 43.7 Å². The number of carbonyl (C=O) groups is 1. The number of phenolic OH excluding ortho intramolecular Hbond substituents is 1. The molecule has 0 spiro atoms. The lowest BCUT2D eigenvalue weighted by atomic mass is 9.96. The van der Waals surface area contributed by atoms with Crippen molar-refractivity contribution in [2.75, 3.05) is 0 Å². The van der Waals surface area contributed by atoms with E-state index in [1.54, 1.807) is 0 Å². The summed E-state index contributed by atoms with van der Waals surface area (Å²) < 4.78 is 82.5. The zero-order valence-corrected chi connectivity index (χ0v) is 15.9. The van der Waals surface area contributed by atoms with Crippen LogP contribution in [-0.4, -0.2) is 34.1 Å². The summed E-state index contributed by atoms with van der Waals surface area (Å²) >= 11 is 0. The molecule has 0 aromatic heterocycles. The SMILES string of the molecule is CC(C)(F)CC(NC(c1ccc(-c2cc(F)ccc2O)c(F)c1)C(F)(F)F)C(=O)O. The third-order valence-electron chi connectivity index (χ3n) is 4.26. The number of hydrogen-bond acceptors (Lipinski definition) is 3. The van der Waals surface area contributed by atoms with E-state index >= 15 is 0 Å². The van der Waals surface area contributed by atoms with E-state index in [-0.39, 0.29) is 11.1 Å². The minimum absolute atomic E-state index is 0.266. The Kier molecular flexibility index (Phi) is 6.70. The molecule has 10 heteroatoms. The van der Waals surface area contributed by atoms with Crippen LogP contribution in [0.5, 0.6) is 5.75 Å². The summed E-state index contributed by atoms with van der Waals surface area (Å²) in [4.78, 5) is 11.3. The molecule has 30 heavy (non-hydrogen) atoms. The summed E-state index contributed by atoms with van der Waals surface area (Å²) in [7, 11) is 0. The highest BCUT2D eigenvalue weighted by molar-refractivity contribution is 5.74. The molecule has 3 N–H and O–H groups in total. The Hall–Kier alpha value is -2.75. The van der Waals surface area contributed by atoms with Crippen LogP contribution in [0.4, 0.5) is 26.3 Å². The molecule has 2 unspecified atom stereocenters. The van der Waals surface area contributed by atoms with Gasteiger partial charge in [0.1, 0.15) is 35.1 Å². The van der Waals surface area contributed by atoms with Gasteiger partial charge in [-0.25, -0.2) is 13.2 Å². The van der Waals surface area contributed by atoms with Crippen LogP contribution in [0.25, 0.3) is 11.1 Å². The normalized spacial score (nSPS) is 14.4. The summed E-state index contributed by atoms with van der Waals surface area (Å²) in [5, 5.41) is 20.8. The third-order valence-corrected chi connectivity index (χ3v) is 4.26. The smallest absolute Gasteiger partial charge is 0.407 e. The first-order valence-corrected chi connectivity index (χ1v) is 8.72. The van der Waals surface area contributed by atoms with Gasteiger partial charge in [-0.3, -0.25) is 10.1 Å². The molecule has 0 amide bonds. The maximum atomic E-state index is 14.6. The summed E-state index contributed by atoms with van der Waals surface area (Å²) in [5.74, 6) is -4.16. The molecule has 2 aromatic rings. The van der Waals surface area contributed by atoms with Crippen LogP contribution >= 0.6 is 0 Å². The van der Waals surface area contributed by atoms with Gasteiger partial charge in [0.2, 0.25) is 0 Å². The van der Waals surface area contributed by atoms with E-state index in [0.29, 0.717) is 6.07 Å². The second-order valence-corrected chi connectivity index (χ2v) is 7.36. The van der Waals surface area contributed by atoms with E-state index in [1.165, 1.54) is 0 Å². The summed E-state index contributed by atoms with van der Waals surface area (Å²) in [6.07, 6.45) is -5.78. The van der Waals surface area contributed by atoms with E-state index in [2.05, 4.69) is 0 Å². The topological polar surface area (TPSA) is 69.6 Å². The quantitative estimate of drug-likeness (QED) is 0.528. The number of aromatic hydroxyl groups is 1. The van der Waals surface area contributed by atoms with Gasteiger partial charge >= 0.3 is 12.1 Å². The van der Waals surface area contributed by atoms with Gasteiger partial charge in [0.25, 0.3) is 0 Å². The summed E-state index contributed by atoms with van der Waals surface area (Å²) in [5.41, 5.74) is -3.35. The maximum Gasteiger partial charge on any atom is 0.407 e. The number of rotatable bonds is 7. The zero-order chi connectivity index (χ0) is 22.9. The van der Waals surface area contributed by atoms with E-state index < -0.39 is 59.3 Å². The van der Waals surface area contributed by atoms with Crippen LogP contribution in [0, 0.1) is 11.6 Å². The molecule has 0 bridgehead atoms. The molecule has 164 valence electrons. The zero-order valence-electron chi connectivity index (χ0n) is 15.9. The molecule has 0 fully saturated rings. The van der Waals surface area contributed by atoms with Crippen LogP contribution in [0.1, 0.15) is 31.9 Å². The Balaban J connectivity index is 2.45. The van der Waals surface area contributed by atoms with Gasteiger partial charge in [-0.2, -0.15) is 13.2 Å². The average molecular weight is 435 g/mol. The number of aliphatic carboxylic acids is 1. The van der Waals surface area contributed by atoms with Crippen molar-refractivity contribution >= 4 is 5.97 Å². The molecule has 0 saturated carbocycles. The van der Waals surface area contributed by atoms with E-state index in [0.717, 1.165) is 44.2 Å². The van der Waals surface area contributed by atoms with Crippen molar-refractivity contribution in [2.45, 2.75) is 44.2 Å². The van der Waals surface area contributed by atoms with E-state index in [9.17, 15) is 36.2 Å². The lowest BCUT2D eigenvalue weighted by Gasteiger charge is -2.28. The van der Waals surface area contributed by atoms with Crippen molar-refractivity contribution in [3.63, 3.8) is 0 Å². The predicted octanol–water partition coefficient (Wildman–Crippen LogP) is 5.12. The van der Waals surface area contributed by atoms with Crippen molar-refractivity contribution < 1.29 is 41.4 Å². The van der Waals surface area contributed by atoms with Crippen molar-refractivity contribution in [3.05, 3.63) is 53.6 Å². The molecule has 4 nitrogen and oxygen atoms in total. The molecule has 2 rings (SSSR count). The van der Waals surface area contributed by atoms with Crippen molar-refractivity contribution in [1.82, 2.24) is 5.32 Å². The lowest BCUT2D eigenvalue weighted by Crippen LogP contribution is -2.47. The Morgan fingerprint density at radius 3 is 2.17 bits per heavy atom. The van der Waals surface area contributed by atoms with Gasteiger partial charge in [0, 0.05) is 17.5 Å². The van der Waals surface area contributed by atoms with Gasteiger partial charge in [0.05, 0.1) is 0 Å². The predicted molar refractivity (Wildman–Crippen MR) is 96.6 cm³/mol. The van der Waals surface area contributed by atoms with Crippen LogP contribution in [0.3, 0.4) is 0 Å². The number of phenols is 1. The van der Waals surface area contributed by atoms with Gasteiger partial charge in [0.15, 0.2) is 0 Å². The fraction of sp³-hybridized carbons (Fsp3) is 0.350. The Bertz CT molecular complexity index is 924. The first-order chi connectivity index (χ1) is 13.7. The second-order valence-electron chi connectivity index (χ2n) is 7.36. The molecule has 2 atom stereocenters. The summed E-state index contributed by atoms with van der Waals surface area (Å²) in [6.45, 7) is 2.04. The van der Waals surface area contributed by atoms with Gasteiger partial charge in [-0.1, -0.05) is 12.1 Å². The van der Waals surface area contributed by atoms with Crippen LogP contribution < -0.4 is 5.32 Å². The average Bonchev–Trinajstić information content (AvgIpc) is 2.58. The fourth-order valence-corrected chi connectivity index (χ4v) is 2.94. The second kappa shape index (κ2) is 8.55. The molecule has 0 saturated heterocycles. The van der Waals surface area contributed by atoms with E-state index in [1.807, 2.05) is 5.32 Å². The highest BCUT2D eigenvalue weighted by Crippen LogP contribution is 2.37. The Morgan fingerprint density at radius 2 is 1.67 bits per heavy atom. The molecule has 0 heterocycles. The molecule has 0 aliphatic rings. The molecule has 0 aliphatic carbocycles. The van der Waals surface area contributed by atoms with Crippen molar-refractivity contribution in [3.8, 4) is 16.9 Å². The van der Waals surface area contributed by atoms with Crippen molar-refractivity contribution in [2.24, 2.45) is 0 Å². The number of benzene rings is 2. The maximum absolute atomic E-state index is 14.6. The number of nitrogens with one attached hydrogen (secondary N) is 1. The minimum atomic E-state index is -5.02. The Morgan fingerprint density at radius 1 is 1.03 bits per heavy atom. The first-order valence-electron chi connectivity index (χ1n) is 8.72. The first kappa shape index (κ1) is 23.5. The van der Waals surface area contributed by atoms with Crippen LogP contribution in [0.2, 0.25) is 0 Å². The third kappa shape index (κ3) is 5.88. The summed E-state index contributed by atoms with van der Waals surface area (Å²) in [6, 6.07) is 0.488. The van der Waals surface area contributed by atoms with Crippen molar-refractivity contribution in [1.29, 1.82) is 0 Å². The largest absolute Gasteiger partial charge is 0.507 e. The number of carboxylic acids is 1. The number of halogens is 6. The van der Waals surface area contributed by atoms with Crippen LogP contribution in [0.15, 0.2) is 36.4 Å². The highest BCUT2D eigenvalue weighted by atomic mass is 19.4.